The zero-order valence-corrected chi connectivity index (χ0v) is 10.7. The third-order valence-corrected chi connectivity index (χ3v) is 3.81. The van der Waals surface area contributed by atoms with Gasteiger partial charge in [0.1, 0.15) is 0 Å². The Morgan fingerprint density at radius 2 is 2.12 bits per heavy atom. The predicted molar refractivity (Wildman–Crippen MR) is 70.6 cm³/mol. The molecule has 17 heavy (non-hydrogen) atoms. The van der Waals surface area contributed by atoms with Gasteiger partial charge in [-0.15, -0.1) is 0 Å². The van der Waals surface area contributed by atoms with Crippen LogP contribution in [0.1, 0.15) is 38.2 Å². The lowest BCUT2D eigenvalue weighted by Crippen LogP contribution is -2.44. The number of rotatable bonds is 4. The lowest BCUT2D eigenvalue weighted by atomic mass is 9.79. The van der Waals surface area contributed by atoms with Gasteiger partial charge in [-0.25, -0.2) is 0 Å². The Morgan fingerprint density at radius 1 is 1.35 bits per heavy atom. The van der Waals surface area contributed by atoms with Crippen LogP contribution in [0, 0.1) is 5.92 Å². The Hall–Kier alpha value is -0.860. The molecule has 2 atom stereocenters. The number of hydrogen-bond acceptors (Lipinski definition) is 2. The number of benzene rings is 1. The molecular formula is C15H23NO. The van der Waals surface area contributed by atoms with Crippen LogP contribution in [0.4, 0.5) is 0 Å². The van der Waals surface area contributed by atoms with Crippen molar-refractivity contribution in [2.24, 2.45) is 11.7 Å². The summed E-state index contributed by atoms with van der Waals surface area (Å²) in [5.41, 5.74) is 7.10. The van der Waals surface area contributed by atoms with Crippen LogP contribution < -0.4 is 5.73 Å². The second kappa shape index (κ2) is 5.65. The normalized spacial score (nSPS) is 29.2. The maximum Gasteiger partial charge on any atom is 0.0811 e. The van der Waals surface area contributed by atoms with Gasteiger partial charge in [0.05, 0.1) is 12.2 Å². The first-order valence-electron chi connectivity index (χ1n) is 6.62. The van der Waals surface area contributed by atoms with E-state index >= 15 is 0 Å². The average Bonchev–Trinajstić information content (AvgIpc) is 2.38. The van der Waals surface area contributed by atoms with E-state index in [4.69, 9.17) is 10.5 Å². The highest BCUT2D eigenvalue weighted by molar-refractivity contribution is 5.13. The van der Waals surface area contributed by atoms with Crippen molar-refractivity contribution in [3.63, 3.8) is 0 Å². The molecule has 0 heterocycles. The van der Waals surface area contributed by atoms with Crippen molar-refractivity contribution in [3.05, 3.63) is 35.9 Å². The Bertz CT molecular complexity index is 338. The van der Waals surface area contributed by atoms with Gasteiger partial charge in [-0.05, 0) is 24.3 Å². The van der Waals surface area contributed by atoms with E-state index in [0.717, 1.165) is 18.8 Å². The molecule has 1 saturated carbocycles. The van der Waals surface area contributed by atoms with Gasteiger partial charge in [-0.2, -0.15) is 0 Å². The first-order chi connectivity index (χ1) is 8.24. The minimum absolute atomic E-state index is 0.0759. The van der Waals surface area contributed by atoms with E-state index in [1.807, 2.05) is 6.07 Å². The zero-order chi connectivity index (χ0) is 12.1. The van der Waals surface area contributed by atoms with Crippen LogP contribution in [0.25, 0.3) is 0 Å². The highest BCUT2D eigenvalue weighted by Crippen LogP contribution is 2.35. The van der Waals surface area contributed by atoms with Gasteiger partial charge in [-0.1, -0.05) is 50.1 Å². The van der Waals surface area contributed by atoms with Crippen molar-refractivity contribution in [2.45, 2.75) is 44.8 Å². The molecule has 0 spiro atoms. The Balaban J connectivity index is 1.95. The molecule has 2 rings (SSSR count). The highest BCUT2D eigenvalue weighted by Gasteiger charge is 2.34. The van der Waals surface area contributed by atoms with Crippen molar-refractivity contribution in [2.75, 3.05) is 6.54 Å². The molecule has 2 N–H and O–H groups in total. The maximum atomic E-state index is 6.15. The van der Waals surface area contributed by atoms with Crippen LogP contribution in [0.5, 0.6) is 0 Å². The smallest absolute Gasteiger partial charge is 0.0811 e. The number of ether oxygens (including phenoxy) is 1. The predicted octanol–water partition coefficient (Wildman–Crippen LogP) is 3.11. The number of hydrogen-bond donors (Lipinski definition) is 1. The molecule has 1 aromatic carbocycles. The standard InChI is InChI=1S/C15H23NO/c1-13-6-5-9-15(10-13,12-16)17-11-14-7-3-2-4-8-14/h2-4,7-8,13H,5-6,9-12,16H2,1H3. The van der Waals surface area contributed by atoms with Crippen LogP contribution in [-0.2, 0) is 11.3 Å². The molecule has 2 heteroatoms. The highest BCUT2D eigenvalue weighted by atomic mass is 16.5. The lowest BCUT2D eigenvalue weighted by molar-refractivity contribution is -0.0840. The molecule has 0 radical (unpaired) electrons. The molecule has 0 amide bonds. The number of nitrogens with two attached hydrogens (primary N) is 1. The summed E-state index contributed by atoms with van der Waals surface area (Å²) in [6.45, 7) is 3.63. The average molecular weight is 233 g/mol. The second-order valence-electron chi connectivity index (χ2n) is 5.36. The van der Waals surface area contributed by atoms with Crippen LogP contribution >= 0.6 is 0 Å². The van der Waals surface area contributed by atoms with Gasteiger partial charge in [0.2, 0.25) is 0 Å². The van der Waals surface area contributed by atoms with Crippen molar-refractivity contribution >= 4 is 0 Å². The van der Waals surface area contributed by atoms with E-state index in [1.165, 1.54) is 18.4 Å². The lowest BCUT2D eigenvalue weighted by Gasteiger charge is -2.39. The zero-order valence-electron chi connectivity index (χ0n) is 10.7. The quantitative estimate of drug-likeness (QED) is 0.867. The van der Waals surface area contributed by atoms with E-state index in [9.17, 15) is 0 Å². The maximum absolute atomic E-state index is 6.15. The van der Waals surface area contributed by atoms with Crippen molar-refractivity contribution in [3.8, 4) is 0 Å². The fourth-order valence-electron chi connectivity index (χ4n) is 2.80. The molecule has 1 aliphatic rings. The van der Waals surface area contributed by atoms with Crippen molar-refractivity contribution in [1.82, 2.24) is 0 Å². The fraction of sp³-hybridized carbons (Fsp3) is 0.600. The molecule has 0 aliphatic heterocycles. The summed E-state index contributed by atoms with van der Waals surface area (Å²) in [6, 6.07) is 10.4. The van der Waals surface area contributed by atoms with Gasteiger partial charge >= 0.3 is 0 Å². The summed E-state index contributed by atoms with van der Waals surface area (Å²) in [5.74, 6) is 0.739. The monoisotopic (exact) mass is 233 g/mol. The van der Waals surface area contributed by atoms with E-state index in [1.54, 1.807) is 0 Å². The van der Waals surface area contributed by atoms with E-state index < -0.39 is 0 Å². The SMILES string of the molecule is CC1CCCC(CN)(OCc2ccccc2)C1. The van der Waals surface area contributed by atoms with Gasteiger partial charge in [0, 0.05) is 6.54 Å². The Labute approximate surface area is 104 Å². The van der Waals surface area contributed by atoms with Crippen LogP contribution in [0.15, 0.2) is 30.3 Å². The van der Waals surface area contributed by atoms with Gasteiger partial charge < -0.3 is 10.5 Å². The molecule has 0 aromatic heterocycles. The largest absolute Gasteiger partial charge is 0.369 e. The minimum Gasteiger partial charge on any atom is -0.369 e. The summed E-state index contributed by atoms with van der Waals surface area (Å²) < 4.78 is 6.15. The van der Waals surface area contributed by atoms with Gasteiger partial charge in [0.25, 0.3) is 0 Å². The molecule has 94 valence electrons. The first-order valence-corrected chi connectivity index (χ1v) is 6.62. The van der Waals surface area contributed by atoms with Crippen LogP contribution in [-0.4, -0.2) is 12.1 Å². The van der Waals surface area contributed by atoms with Crippen LogP contribution in [0.2, 0.25) is 0 Å². The molecule has 2 nitrogen and oxygen atoms in total. The Morgan fingerprint density at radius 3 is 2.76 bits per heavy atom. The topological polar surface area (TPSA) is 35.2 Å². The van der Waals surface area contributed by atoms with E-state index in [0.29, 0.717) is 13.2 Å². The molecule has 0 bridgehead atoms. The summed E-state index contributed by atoms with van der Waals surface area (Å²) in [7, 11) is 0. The second-order valence-corrected chi connectivity index (χ2v) is 5.36. The first kappa shape index (κ1) is 12.6. The summed E-state index contributed by atoms with van der Waals surface area (Å²) in [6.07, 6.45) is 4.78. The molecule has 1 fully saturated rings. The third kappa shape index (κ3) is 3.30. The molecule has 2 unspecified atom stereocenters. The summed E-state index contributed by atoms with van der Waals surface area (Å²) in [5, 5.41) is 0. The summed E-state index contributed by atoms with van der Waals surface area (Å²) >= 11 is 0. The van der Waals surface area contributed by atoms with E-state index in [2.05, 4.69) is 31.2 Å². The van der Waals surface area contributed by atoms with Gasteiger partial charge in [-0.3, -0.25) is 0 Å². The van der Waals surface area contributed by atoms with Crippen molar-refractivity contribution < 1.29 is 4.74 Å². The van der Waals surface area contributed by atoms with E-state index in [-0.39, 0.29) is 5.60 Å². The molecular weight excluding hydrogens is 210 g/mol. The molecule has 0 saturated heterocycles. The van der Waals surface area contributed by atoms with Crippen molar-refractivity contribution in [1.29, 1.82) is 0 Å². The third-order valence-electron chi connectivity index (χ3n) is 3.81. The summed E-state index contributed by atoms with van der Waals surface area (Å²) in [4.78, 5) is 0. The fourth-order valence-corrected chi connectivity index (χ4v) is 2.80. The molecule has 1 aliphatic carbocycles. The molecule has 1 aromatic rings. The van der Waals surface area contributed by atoms with Gasteiger partial charge in [0.15, 0.2) is 0 Å². The minimum atomic E-state index is -0.0759. The van der Waals surface area contributed by atoms with Crippen LogP contribution in [0.3, 0.4) is 0 Å². The Kier molecular flexibility index (Phi) is 4.19.